The smallest absolute Gasteiger partial charge is 0.850 e. The molecule has 0 aromatic carbocycles. The van der Waals surface area contributed by atoms with Gasteiger partial charge in [-0.2, -0.15) is 0 Å². The average molecular weight is 228 g/mol. The third-order valence-corrected chi connectivity index (χ3v) is 0. The minimum absolute atomic E-state index is 0. The molecule has 0 aromatic rings. The van der Waals surface area contributed by atoms with E-state index in [1.54, 1.807) is 20.8 Å². The molecule has 0 amide bonds. The van der Waals surface area contributed by atoms with Crippen molar-refractivity contribution in [2.75, 3.05) is 0 Å². The summed E-state index contributed by atoms with van der Waals surface area (Å²) in [5.41, 5.74) is -0.750. The average Bonchev–Trinajstić information content (AvgIpc) is 1.90. The molecule has 0 bridgehead atoms. The minimum atomic E-state index is -0.750. The minimum Gasteiger partial charge on any atom is -0.850 e. The maximum atomic E-state index is 10.1. The molecule has 0 N–H and O–H groups in total. The predicted octanol–water partition coefficient (Wildman–Crippen LogP) is -0.427. The SMILES string of the molecule is C=C.CC(C)(C)[O-].CC=O.CCC.[K+]. The fraction of sp³-hybridized carbons (Fsp3) is 0.727. The van der Waals surface area contributed by atoms with Crippen LogP contribution in [0.4, 0.5) is 0 Å². The maximum absolute atomic E-state index is 10.1. The van der Waals surface area contributed by atoms with Crippen LogP contribution in [0.15, 0.2) is 13.2 Å². The van der Waals surface area contributed by atoms with Gasteiger partial charge in [0.15, 0.2) is 0 Å². The molecule has 0 radical (unpaired) electrons. The van der Waals surface area contributed by atoms with Crippen LogP contribution in [0.5, 0.6) is 0 Å². The van der Waals surface area contributed by atoms with Gasteiger partial charge in [-0.1, -0.05) is 41.0 Å². The van der Waals surface area contributed by atoms with Gasteiger partial charge >= 0.3 is 51.4 Å². The summed E-state index contributed by atoms with van der Waals surface area (Å²) in [5.74, 6) is 0. The second-order valence-corrected chi connectivity index (χ2v) is 3.06. The predicted molar refractivity (Wildman–Crippen MR) is 58.7 cm³/mol. The molecule has 0 saturated carbocycles. The van der Waals surface area contributed by atoms with Gasteiger partial charge in [-0.15, -0.1) is 18.8 Å². The third-order valence-electron chi connectivity index (χ3n) is 0. The van der Waals surface area contributed by atoms with E-state index < -0.39 is 5.60 Å². The monoisotopic (exact) mass is 228 g/mol. The summed E-state index contributed by atoms with van der Waals surface area (Å²) < 4.78 is 0. The first-order valence-electron chi connectivity index (χ1n) is 4.43. The first-order valence-corrected chi connectivity index (χ1v) is 4.43. The molecular formula is C11H25KO2. The van der Waals surface area contributed by atoms with Gasteiger partial charge in [-0.25, -0.2) is 0 Å². The second-order valence-electron chi connectivity index (χ2n) is 3.06. The van der Waals surface area contributed by atoms with Crippen LogP contribution in [0.1, 0.15) is 48.0 Å². The van der Waals surface area contributed by atoms with Gasteiger partial charge in [0.2, 0.25) is 0 Å². The van der Waals surface area contributed by atoms with E-state index in [0.717, 1.165) is 6.29 Å². The molecule has 0 fully saturated rings. The van der Waals surface area contributed by atoms with Gasteiger partial charge < -0.3 is 9.90 Å². The fourth-order valence-electron chi connectivity index (χ4n) is 0. The number of carbonyl (C=O) groups is 1. The van der Waals surface area contributed by atoms with Crippen molar-refractivity contribution in [3.05, 3.63) is 13.2 Å². The van der Waals surface area contributed by atoms with Crippen LogP contribution < -0.4 is 56.5 Å². The normalized spacial score (nSPS) is 6.79. The molecule has 3 heteroatoms. The Labute approximate surface area is 133 Å². The van der Waals surface area contributed by atoms with E-state index in [1.165, 1.54) is 13.3 Å². The van der Waals surface area contributed by atoms with Gasteiger partial charge in [0.05, 0.1) is 0 Å². The Morgan fingerprint density at radius 1 is 1.21 bits per heavy atom. The maximum Gasteiger partial charge on any atom is 1.00 e. The quantitative estimate of drug-likeness (QED) is 0.321. The van der Waals surface area contributed by atoms with Crippen molar-refractivity contribution in [1.29, 1.82) is 0 Å². The Morgan fingerprint density at radius 3 is 1.21 bits per heavy atom. The van der Waals surface area contributed by atoms with E-state index in [1.807, 2.05) is 0 Å². The zero-order valence-corrected chi connectivity index (χ0v) is 14.1. The van der Waals surface area contributed by atoms with Crippen LogP contribution in [0.3, 0.4) is 0 Å². The zero-order valence-electron chi connectivity index (χ0n) is 11.0. The van der Waals surface area contributed by atoms with E-state index >= 15 is 0 Å². The number of hydrogen-bond donors (Lipinski definition) is 0. The van der Waals surface area contributed by atoms with Gasteiger partial charge in [0, 0.05) is 0 Å². The zero-order chi connectivity index (χ0) is 11.9. The number of carbonyl (C=O) groups excluding carboxylic acids is 1. The number of aldehydes is 1. The van der Waals surface area contributed by atoms with E-state index in [4.69, 9.17) is 4.79 Å². The Hall–Kier alpha value is 1.01. The molecule has 0 rings (SSSR count). The molecule has 0 heterocycles. The Kier molecular flexibility index (Phi) is 61.3. The summed E-state index contributed by atoms with van der Waals surface area (Å²) in [6.45, 7) is 16.6. The molecule has 82 valence electrons. The van der Waals surface area contributed by atoms with Crippen molar-refractivity contribution in [2.45, 2.75) is 53.6 Å². The molecular weight excluding hydrogens is 203 g/mol. The number of rotatable bonds is 0. The molecule has 0 aliphatic rings. The Morgan fingerprint density at radius 2 is 1.21 bits per heavy atom. The van der Waals surface area contributed by atoms with E-state index in [0.29, 0.717) is 0 Å². The van der Waals surface area contributed by atoms with Crippen molar-refractivity contribution in [2.24, 2.45) is 0 Å². The summed E-state index contributed by atoms with van der Waals surface area (Å²) in [6, 6.07) is 0. The van der Waals surface area contributed by atoms with Gasteiger partial charge in [0.25, 0.3) is 0 Å². The van der Waals surface area contributed by atoms with Crippen LogP contribution in [0.2, 0.25) is 0 Å². The molecule has 0 aliphatic heterocycles. The van der Waals surface area contributed by atoms with Crippen molar-refractivity contribution in [1.82, 2.24) is 0 Å². The van der Waals surface area contributed by atoms with Gasteiger partial charge in [-0.3, -0.25) is 0 Å². The van der Waals surface area contributed by atoms with Crippen LogP contribution in [-0.4, -0.2) is 11.9 Å². The molecule has 0 unspecified atom stereocenters. The van der Waals surface area contributed by atoms with Crippen LogP contribution >= 0.6 is 0 Å². The first-order chi connectivity index (χ1) is 5.83. The summed E-state index contributed by atoms with van der Waals surface area (Å²) >= 11 is 0. The van der Waals surface area contributed by atoms with Crippen LogP contribution in [0, 0.1) is 0 Å². The molecule has 0 aromatic heterocycles. The molecule has 2 nitrogen and oxygen atoms in total. The molecule has 14 heavy (non-hydrogen) atoms. The largest absolute Gasteiger partial charge is 1.00 e. The standard InChI is InChI=1S/C4H9O.C3H8.C2H4O.C2H4.K/c1-4(2,3)5;1-3-2;1-2-3;1-2;/h1-3H3;3H2,1-2H3;2H,1H3;1-2H2;/q-1;;;;+1. The number of hydrogen-bond acceptors (Lipinski definition) is 2. The van der Waals surface area contributed by atoms with E-state index in [2.05, 4.69) is 27.0 Å². The molecule has 0 saturated heterocycles. The van der Waals surface area contributed by atoms with Gasteiger partial charge in [0.1, 0.15) is 6.29 Å². The van der Waals surface area contributed by atoms with Crippen LogP contribution in [0.25, 0.3) is 0 Å². The fourth-order valence-corrected chi connectivity index (χ4v) is 0. The van der Waals surface area contributed by atoms with Crippen LogP contribution in [-0.2, 0) is 4.79 Å². The van der Waals surface area contributed by atoms with Crippen molar-refractivity contribution >= 4 is 6.29 Å². The van der Waals surface area contributed by atoms with Crippen molar-refractivity contribution in [3.63, 3.8) is 0 Å². The Bertz CT molecular complexity index is 71.8. The van der Waals surface area contributed by atoms with Crippen molar-refractivity contribution in [3.8, 4) is 0 Å². The molecule has 0 spiro atoms. The summed E-state index contributed by atoms with van der Waals surface area (Å²) in [6.07, 6.45) is 2.00. The van der Waals surface area contributed by atoms with Crippen molar-refractivity contribution < 1.29 is 61.3 Å². The Balaban J connectivity index is -0.0000000267. The third kappa shape index (κ3) is 1850. The molecule has 0 atom stereocenters. The van der Waals surface area contributed by atoms with Gasteiger partial charge in [-0.05, 0) is 6.92 Å². The second kappa shape index (κ2) is 29.2. The van der Waals surface area contributed by atoms with E-state index in [9.17, 15) is 5.11 Å². The molecule has 0 aliphatic carbocycles. The van der Waals surface area contributed by atoms with E-state index in [-0.39, 0.29) is 51.4 Å². The first kappa shape index (κ1) is 29.4. The topological polar surface area (TPSA) is 40.1 Å². The summed E-state index contributed by atoms with van der Waals surface area (Å²) in [5, 5.41) is 10.1. The summed E-state index contributed by atoms with van der Waals surface area (Å²) in [7, 11) is 0. The summed E-state index contributed by atoms with van der Waals surface area (Å²) in [4.78, 5) is 8.81.